The van der Waals surface area contributed by atoms with Crippen molar-refractivity contribution in [3.05, 3.63) is 41.5 Å². The molecule has 0 aromatic carbocycles. The average molecular weight is 242 g/mol. The SMILES string of the molecule is Cc1ccc(NC2CCCc3c2cnn3C)cn1. The van der Waals surface area contributed by atoms with Gasteiger partial charge in [-0.2, -0.15) is 5.10 Å². The number of anilines is 1. The van der Waals surface area contributed by atoms with Gasteiger partial charge in [-0.3, -0.25) is 9.67 Å². The molecular weight excluding hydrogens is 224 g/mol. The number of nitrogens with one attached hydrogen (secondary N) is 1. The van der Waals surface area contributed by atoms with Crippen LogP contribution in [0.1, 0.15) is 35.8 Å². The molecule has 2 aromatic heterocycles. The second kappa shape index (κ2) is 4.44. The second-order valence-electron chi connectivity index (χ2n) is 4.95. The first-order chi connectivity index (χ1) is 8.74. The van der Waals surface area contributed by atoms with Crippen LogP contribution < -0.4 is 5.32 Å². The highest BCUT2D eigenvalue weighted by atomic mass is 15.3. The van der Waals surface area contributed by atoms with E-state index in [1.807, 2.05) is 37.1 Å². The summed E-state index contributed by atoms with van der Waals surface area (Å²) in [5, 5.41) is 7.93. The second-order valence-corrected chi connectivity index (χ2v) is 4.95. The van der Waals surface area contributed by atoms with Gasteiger partial charge in [0.2, 0.25) is 0 Å². The number of aryl methyl sites for hydroxylation is 2. The van der Waals surface area contributed by atoms with Crippen LogP contribution in [0.5, 0.6) is 0 Å². The Kier molecular flexibility index (Phi) is 2.78. The van der Waals surface area contributed by atoms with E-state index < -0.39 is 0 Å². The van der Waals surface area contributed by atoms with Gasteiger partial charge in [0, 0.05) is 24.0 Å². The molecule has 4 heteroatoms. The third kappa shape index (κ3) is 1.98. The third-order valence-corrected chi connectivity index (χ3v) is 3.63. The maximum atomic E-state index is 4.37. The molecule has 0 amide bonds. The van der Waals surface area contributed by atoms with Crippen molar-refractivity contribution in [1.82, 2.24) is 14.8 Å². The van der Waals surface area contributed by atoms with Crippen LogP contribution in [0.25, 0.3) is 0 Å². The van der Waals surface area contributed by atoms with Gasteiger partial charge in [-0.1, -0.05) is 0 Å². The molecule has 0 saturated heterocycles. The number of hydrogen-bond donors (Lipinski definition) is 1. The minimum absolute atomic E-state index is 0.368. The van der Waals surface area contributed by atoms with Gasteiger partial charge in [0.25, 0.3) is 0 Å². The van der Waals surface area contributed by atoms with Crippen LogP contribution in [0.4, 0.5) is 5.69 Å². The van der Waals surface area contributed by atoms with E-state index in [4.69, 9.17) is 0 Å². The molecule has 1 aliphatic rings. The van der Waals surface area contributed by atoms with E-state index in [1.54, 1.807) is 0 Å². The maximum absolute atomic E-state index is 4.37. The van der Waals surface area contributed by atoms with Crippen LogP contribution in [-0.4, -0.2) is 14.8 Å². The molecule has 94 valence electrons. The smallest absolute Gasteiger partial charge is 0.0548 e. The summed E-state index contributed by atoms with van der Waals surface area (Å²) in [5.41, 5.74) is 4.83. The summed E-state index contributed by atoms with van der Waals surface area (Å²) in [6.07, 6.45) is 7.40. The molecule has 18 heavy (non-hydrogen) atoms. The zero-order chi connectivity index (χ0) is 12.5. The molecule has 0 saturated carbocycles. The molecule has 1 N–H and O–H groups in total. The average Bonchev–Trinajstić information content (AvgIpc) is 2.76. The van der Waals surface area contributed by atoms with Gasteiger partial charge >= 0.3 is 0 Å². The molecule has 1 aliphatic carbocycles. The molecule has 2 heterocycles. The normalized spacial score (nSPS) is 18.4. The van der Waals surface area contributed by atoms with Gasteiger partial charge in [0.05, 0.1) is 24.1 Å². The molecule has 3 rings (SSSR count). The van der Waals surface area contributed by atoms with Gasteiger partial charge in [-0.15, -0.1) is 0 Å². The Morgan fingerprint density at radius 3 is 3.00 bits per heavy atom. The van der Waals surface area contributed by atoms with Crippen molar-refractivity contribution in [2.24, 2.45) is 7.05 Å². The quantitative estimate of drug-likeness (QED) is 0.880. The zero-order valence-corrected chi connectivity index (χ0v) is 10.8. The van der Waals surface area contributed by atoms with Crippen LogP contribution >= 0.6 is 0 Å². The topological polar surface area (TPSA) is 42.7 Å². The number of aromatic nitrogens is 3. The van der Waals surface area contributed by atoms with E-state index in [0.717, 1.165) is 24.2 Å². The lowest BCUT2D eigenvalue weighted by molar-refractivity contribution is 0.571. The standard InChI is InChI=1S/C14H18N4/c1-10-6-7-11(8-15-10)17-13-4-3-5-14-12(13)9-16-18(14)2/h6-9,13,17H,3-5H2,1-2H3. The summed E-state index contributed by atoms with van der Waals surface area (Å²) in [6, 6.07) is 4.49. The van der Waals surface area contributed by atoms with E-state index >= 15 is 0 Å². The molecular formula is C14H18N4. The molecule has 0 bridgehead atoms. The highest BCUT2D eigenvalue weighted by Gasteiger charge is 2.23. The van der Waals surface area contributed by atoms with E-state index in [2.05, 4.69) is 21.5 Å². The van der Waals surface area contributed by atoms with Crippen molar-refractivity contribution in [2.45, 2.75) is 32.2 Å². The number of hydrogen-bond acceptors (Lipinski definition) is 3. The molecule has 4 nitrogen and oxygen atoms in total. The van der Waals surface area contributed by atoms with Gasteiger partial charge in [-0.05, 0) is 38.3 Å². The Bertz CT molecular complexity index is 541. The first kappa shape index (κ1) is 11.3. The molecule has 0 radical (unpaired) electrons. The summed E-state index contributed by atoms with van der Waals surface area (Å²) >= 11 is 0. The van der Waals surface area contributed by atoms with Crippen molar-refractivity contribution in [1.29, 1.82) is 0 Å². The monoisotopic (exact) mass is 242 g/mol. The number of rotatable bonds is 2. The van der Waals surface area contributed by atoms with E-state index in [-0.39, 0.29) is 0 Å². The van der Waals surface area contributed by atoms with Crippen LogP contribution in [-0.2, 0) is 13.5 Å². The predicted octanol–water partition coefficient (Wildman–Crippen LogP) is 2.61. The minimum atomic E-state index is 0.368. The Hall–Kier alpha value is -1.84. The Morgan fingerprint density at radius 1 is 1.33 bits per heavy atom. The summed E-state index contributed by atoms with van der Waals surface area (Å²) < 4.78 is 2.00. The van der Waals surface area contributed by atoms with E-state index in [1.165, 1.54) is 17.7 Å². The molecule has 1 atom stereocenters. The van der Waals surface area contributed by atoms with Gasteiger partial charge in [0.15, 0.2) is 0 Å². The summed E-state index contributed by atoms with van der Waals surface area (Å²) in [6.45, 7) is 2.00. The van der Waals surface area contributed by atoms with Crippen LogP contribution in [0.15, 0.2) is 24.5 Å². The zero-order valence-electron chi connectivity index (χ0n) is 10.8. The largest absolute Gasteiger partial charge is 0.377 e. The van der Waals surface area contributed by atoms with E-state index in [0.29, 0.717) is 6.04 Å². The molecule has 2 aromatic rings. The lowest BCUT2D eigenvalue weighted by Gasteiger charge is -2.24. The number of nitrogens with zero attached hydrogens (tertiary/aromatic N) is 3. The van der Waals surface area contributed by atoms with Crippen molar-refractivity contribution in [3.8, 4) is 0 Å². The Balaban J connectivity index is 1.84. The highest BCUT2D eigenvalue weighted by molar-refractivity contribution is 5.44. The fourth-order valence-electron chi connectivity index (χ4n) is 2.61. The minimum Gasteiger partial charge on any atom is -0.377 e. The van der Waals surface area contributed by atoms with Crippen molar-refractivity contribution in [3.63, 3.8) is 0 Å². The fraction of sp³-hybridized carbons (Fsp3) is 0.429. The first-order valence-corrected chi connectivity index (χ1v) is 6.44. The molecule has 0 spiro atoms. The number of pyridine rings is 1. The fourth-order valence-corrected chi connectivity index (χ4v) is 2.61. The van der Waals surface area contributed by atoms with Crippen LogP contribution in [0.2, 0.25) is 0 Å². The van der Waals surface area contributed by atoms with Crippen molar-refractivity contribution >= 4 is 5.69 Å². The predicted molar refractivity (Wildman–Crippen MR) is 71.5 cm³/mol. The summed E-state index contributed by atoms with van der Waals surface area (Å²) in [5.74, 6) is 0. The van der Waals surface area contributed by atoms with Crippen molar-refractivity contribution < 1.29 is 0 Å². The third-order valence-electron chi connectivity index (χ3n) is 3.63. The van der Waals surface area contributed by atoms with Crippen molar-refractivity contribution in [2.75, 3.05) is 5.32 Å². The lowest BCUT2D eigenvalue weighted by Crippen LogP contribution is -2.17. The summed E-state index contributed by atoms with van der Waals surface area (Å²) in [4.78, 5) is 4.32. The molecule has 0 fully saturated rings. The first-order valence-electron chi connectivity index (χ1n) is 6.44. The summed E-state index contributed by atoms with van der Waals surface area (Å²) in [7, 11) is 2.02. The van der Waals surface area contributed by atoms with Gasteiger partial charge in [0.1, 0.15) is 0 Å². The Morgan fingerprint density at radius 2 is 2.22 bits per heavy atom. The number of fused-ring (bicyclic) bond motifs is 1. The molecule has 1 unspecified atom stereocenters. The molecule has 0 aliphatic heterocycles. The lowest BCUT2D eigenvalue weighted by atomic mass is 9.93. The van der Waals surface area contributed by atoms with Gasteiger partial charge < -0.3 is 5.32 Å². The van der Waals surface area contributed by atoms with Crippen LogP contribution in [0.3, 0.4) is 0 Å². The van der Waals surface area contributed by atoms with Gasteiger partial charge in [-0.25, -0.2) is 0 Å². The maximum Gasteiger partial charge on any atom is 0.0548 e. The Labute approximate surface area is 107 Å². The van der Waals surface area contributed by atoms with Crippen LogP contribution in [0, 0.1) is 6.92 Å². The van der Waals surface area contributed by atoms with E-state index in [9.17, 15) is 0 Å². The highest BCUT2D eigenvalue weighted by Crippen LogP contribution is 2.31.